The normalized spacial score (nSPS) is 14.6. The lowest BCUT2D eigenvalue weighted by Gasteiger charge is -2.31. The lowest BCUT2D eigenvalue weighted by Crippen LogP contribution is -2.39. The van der Waals surface area contributed by atoms with Crippen LogP contribution in [0.3, 0.4) is 0 Å². The maximum atomic E-state index is 12.8. The van der Waals surface area contributed by atoms with Gasteiger partial charge in [0.25, 0.3) is 5.91 Å². The maximum absolute atomic E-state index is 12.8. The van der Waals surface area contributed by atoms with E-state index >= 15 is 0 Å². The number of likely N-dealkylation sites (tertiary alicyclic amines) is 1. The molecule has 7 nitrogen and oxygen atoms in total. The van der Waals surface area contributed by atoms with Crippen LogP contribution in [-0.2, 0) is 6.42 Å². The summed E-state index contributed by atoms with van der Waals surface area (Å²) >= 11 is 0. The lowest BCUT2D eigenvalue weighted by atomic mass is 9.93. The molecule has 2 aromatic carbocycles. The van der Waals surface area contributed by atoms with Crippen LogP contribution in [0.5, 0.6) is 0 Å². The Labute approximate surface area is 163 Å². The first-order chi connectivity index (χ1) is 13.7. The number of nitrogens with one attached hydrogen (secondary N) is 1. The zero-order chi connectivity index (χ0) is 19.3. The molecule has 0 bridgehead atoms. The molecule has 7 heteroatoms. The molecule has 3 aromatic rings. The van der Waals surface area contributed by atoms with Gasteiger partial charge >= 0.3 is 0 Å². The molecule has 1 aromatic heterocycles. The highest BCUT2D eigenvalue weighted by atomic mass is 16.2. The van der Waals surface area contributed by atoms with Gasteiger partial charge in [0.05, 0.1) is 11.6 Å². The minimum atomic E-state index is 0.0735. The summed E-state index contributed by atoms with van der Waals surface area (Å²) in [6, 6.07) is 17.2. The lowest BCUT2D eigenvalue weighted by molar-refractivity contribution is 0.0690. The number of nitrogens with zero attached hydrogens (tertiary/aromatic N) is 5. The summed E-state index contributed by atoms with van der Waals surface area (Å²) in [7, 11) is 0. The fourth-order valence-corrected chi connectivity index (χ4v) is 3.59. The smallest absolute Gasteiger partial charge is 0.253 e. The molecular formula is C21H20N6O. The molecular weight excluding hydrogens is 352 g/mol. The Morgan fingerprint density at radius 2 is 1.71 bits per heavy atom. The molecule has 0 saturated carbocycles. The summed E-state index contributed by atoms with van der Waals surface area (Å²) in [6.45, 7) is 1.50. The van der Waals surface area contributed by atoms with Crippen LogP contribution in [0.1, 0.15) is 34.6 Å². The van der Waals surface area contributed by atoms with E-state index < -0.39 is 0 Å². The van der Waals surface area contributed by atoms with Crippen LogP contribution in [0, 0.1) is 17.2 Å². The third-order valence-corrected chi connectivity index (χ3v) is 5.24. The maximum Gasteiger partial charge on any atom is 0.253 e. The van der Waals surface area contributed by atoms with Crippen LogP contribution in [-0.4, -0.2) is 44.5 Å². The molecule has 1 aliphatic heterocycles. The monoisotopic (exact) mass is 372 g/mol. The summed E-state index contributed by atoms with van der Waals surface area (Å²) in [5, 5.41) is 23.0. The number of tetrazole rings is 1. The third-order valence-electron chi connectivity index (χ3n) is 5.24. The van der Waals surface area contributed by atoms with Crippen LogP contribution < -0.4 is 0 Å². The van der Waals surface area contributed by atoms with Gasteiger partial charge in [0, 0.05) is 25.1 Å². The van der Waals surface area contributed by atoms with E-state index in [0.29, 0.717) is 17.0 Å². The molecule has 4 rings (SSSR count). The molecule has 2 heterocycles. The molecule has 1 amide bonds. The SMILES string of the molecule is N#Cc1ccc(-c2ccc(C(=O)N3CCC(Cc4nn[nH]n4)CC3)cc2)cc1. The van der Waals surface area contributed by atoms with E-state index in [-0.39, 0.29) is 5.91 Å². The zero-order valence-electron chi connectivity index (χ0n) is 15.4. The van der Waals surface area contributed by atoms with Gasteiger partial charge in [0.1, 0.15) is 0 Å². The summed E-state index contributed by atoms with van der Waals surface area (Å²) in [5.74, 6) is 1.30. The summed E-state index contributed by atoms with van der Waals surface area (Å²) in [6.07, 6.45) is 2.70. The van der Waals surface area contributed by atoms with Gasteiger partial charge in [-0.05, 0) is 54.2 Å². The molecule has 1 aliphatic rings. The number of hydrogen-bond acceptors (Lipinski definition) is 5. The number of piperidine rings is 1. The Hall–Kier alpha value is -3.53. The van der Waals surface area contributed by atoms with Gasteiger partial charge in [-0.15, -0.1) is 10.2 Å². The fourth-order valence-electron chi connectivity index (χ4n) is 3.59. The predicted molar refractivity (Wildman–Crippen MR) is 103 cm³/mol. The molecule has 140 valence electrons. The Kier molecular flexibility index (Phi) is 5.11. The number of carbonyl (C=O) groups is 1. The number of aromatic amines is 1. The van der Waals surface area contributed by atoms with E-state index in [4.69, 9.17) is 5.26 Å². The largest absolute Gasteiger partial charge is 0.339 e. The van der Waals surface area contributed by atoms with Crippen molar-refractivity contribution in [2.24, 2.45) is 5.92 Å². The number of hydrogen-bond donors (Lipinski definition) is 1. The quantitative estimate of drug-likeness (QED) is 0.759. The molecule has 0 unspecified atom stereocenters. The Morgan fingerprint density at radius 3 is 2.29 bits per heavy atom. The van der Waals surface area contributed by atoms with Crippen molar-refractivity contribution >= 4 is 5.91 Å². The number of aromatic nitrogens is 4. The highest BCUT2D eigenvalue weighted by molar-refractivity contribution is 5.94. The average molecular weight is 372 g/mol. The second-order valence-corrected chi connectivity index (χ2v) is 7.03. The van der Waals surface area contributed by atoms with E-state index in [1.807, 2.05) is 41.3 Å². The topological polar surface area (TPSA) is 98.6 Å². The van der Waals surface area contributed by atoms with E-state index in [9.17, 15) is 4.79 Å². The van der Waals surface area contributed by atoms with Crippen LogP contribution in [0.2, 0.25) is 0 Å². The van der Waals surface area contributed by atoms with E-state index in [1.54, 1.807) is 12.1 Å². The van der Waals surface area contributed by atoms with E-state index in [1.165, 1.54) is 0 Å². The van der Waals surface area contributed by atoms with Gasteiger partial charge < -0.3 is 4.90 Å². The second kappa shape index (κ2) is 8.01. The minimum absolute atomic E-state index is 0.0735. The van der Waals surface area contributed by atoms with Crippen molar-refractivity contribution in [1.29, 1.82) is 5.26 Å². The average Bonchev–Trinajstić information content (AvgIpc) is 3.27. The summed E-state index contributed by atoms with van der Waals surface area (Å²) < 4.78 is 0. The summed E-state index contributed by atoms with van der Waals surface area (Å²) in [5.41, 5.74) is 3.40. The van der Waals surface area contributed by atoms with Crippen molar-refractivity contribution in [3.8, 4) is 17.2 Å². The molecule has 1 N–H and O–H groups in total. The van der Waals surface area contributed by atoms with Crippen molar-refractivity contribution in [2.75, 3.05) is 13.1 Å². The van der Waals surface area contributed by atoms with E-state index in [0.717, 1.165) is 49.3 Å². The second-order valence-electron chi connectivity index (χ2n) is 7.03. The number of nitriles is 1. The zero-order valence-corrected chi connectivity index (χ0v) is 15.4. The molecule has 0 atom stereocenters. The van der Waals surface area contributed by atoms with Crippen molar-refractivity contribution < 1.29 is 4.79 Å². The van der Waals surface area contributed by atoms with Crippen LogP contribution in [0.15, 0.2) is 48.5 Å². The number of amides is 1. The third kappa shape index (κ3) is 3.91. The van der Waals surface area contributed by atoms with Gasteiger partial charge in [-0.2, -0.15) is 10.5 Å². The first-order valence-electron chi connectivity index (χ1n) is 9.35. The Morgan fingerprint density at radius 1 is 1.07 bits per heavy atom. The van der Waals surface area contributed by atoms with Crippen molar-refractivity contribution in [2.45, 2.75) is 19.3 Å². The minimum Gasteiger partial charge on any atom is -0.339 e. The van der Waals surface area contributed by atoms with Gasteiger partial charge in [-0.1, -0.05) is 29.5 Å². The first-order valence-corrected chi connectivity index (χ1v) is 9.35. The van der Waals surface area contributed by atoms with Gasteiger partial charge in [-0.3, -0.25) is 4.79 Å². The molecule has 1 fully saturated rings. The molecule has 28 heavy (non-hydrogen) atoms. The number of carbonyl (C=O) groups excluding carboxylic acids is 1. The first kappa shape index (κ1) is 17.9. The number of benzene rings is 2. The Balaban J connectivity index is 1.36. The molecule has 0 aliphatic carbocycles. The van der Waals surface area contributed by atoms with E-state index in [2.05, 4.69) is 26.7 Å². The van der Waals surface area contributed by atoms with Crippen molar-refractivity contribution in [3.63, 3.8) is 0 Å². The summed E-state index contributed by atoms with van der Waals surface area (Å²) in [4.78, 5) is 14.7. The van der Waals surface area contributed by atoms with Crippen LogP contribution in [0.4, 0.5) is 0 Å². The molecule has 0 spiro atoms. The van der Waals surface area contributed by atoms with Crippen LogP contribution >= 0.6 is 0 Å². The molecule has 1 saturated heterocycles. The van der Waals surface area contributed by atoms with Gasteiger partial charge in [-0.25, -0.2) is 0 Å². The highest BCUT2D eigenvalue weighted by Gasteiger charge is 2.24. The van der Waals surface area contributed by atoms with Crippen molar-refractivity contribution in [1.82, 2.24) is 25.5 Å². The predicted octanol–water partition coefficient (Wildman–Crippen LogP) is 2.83. The van der Waals surface area contributed by atoms with Gasteiger partial charge in [0.2, 0.25) is 0 Å². The number of rotatable bonds is 4. The number of H-pyrrole nitrogens is 1. The van der Waals surface area contributed by atoms with Crippen molar-refractivity contribution in [3.05, 3.63) is 65.5 Å². The fraction of sp³-hybridized carbons (Fsp3) is 0.286. The molecule has 0 radical (unpaired) electrons. The highest BCUT2D eigenvalue weighted by Crippen LogP contribution is 2.24. The standard InChI is InChI=1S/C21H20N6O/c22-14-16-1-3-17(4-2-16)18-5-7-19(8-6-18)21(28)27-11-9-15(10-12-27)13-20-23-25-26-24-20/h1-8,15H,9-13H2,(H,23,24,25,26). The van der Waals surface area contributed by atoms with Gasteiger partial charge in [0.15, 0.2) is 5.82 Å². The van der Waals surface area contributed by atoms with Crippen LogP contribution in [0.25, 0.3) is 11.1 Å². The Bertz CT molecular complexity index is 965.